The minimum Gasteiger partial charge on any atom is -0.376 e. The van der Waals surface area contributed by atoms with Gasteiger partial charge in [0, 0.05) is 13.6 Å². The third kappa shape index (κ3) is 4.69. The molecule has 1 aromatic rings. The van der Waals surface area contributed by atoms with Crippen molar-refractivity contribution in [3.8, 4) is 0 Å². The molecule has 1 heterocycles. The minimum absolute atomic E-state index is 0.188. The second kappa shape index (κ2) is 8.12. The number of urea groups is 1. The van der Waals surface area contributed by atoms with Crippen LogP contribution in [0.2, 0.25) is 0 Å². The summed E-state index contributed by atoms with van der Waals surface area (Å²) in [5.74, 6) is 1.35. The van der Waals surface area contributed by atoms with Gasteiger partial charge >= 0.3 is 6.03 Å². The number of rotatable bonds is 6. The Morgan fingerprint density at radius 1 is 1.50 bits per heavy atom. The van der Waals surface area contributed by atoms with Crippen LogP contribution in [0.25, 0.3) is 0 Å². The summed E-state index contributed by atoms with van der Waals surface area (Å²) < 4.78 is 7.66. The van der Waals surface area contributed by atoms with Crippen LogP contribution < -0.4 is 10.6 Å². The fourth-order valence-electron chi connectivity index (χ4n) is 2.90. The second-order valence-corrected chi connectivity index (χ2v) is 6.09. The molecule has 0 aromatic carbocycles. The number of hydrogen-bond donors (Lipinski definition) is 2. The molecule has 3 atom stereocenters. The van der Waals surface area contributed by atoms with Crippen LogP contribution in [0.5, 0.6) is 0 Å². The standard InChI is InChI=1S/C15H27N5O2/c1-11-6-4-5-7-13(11)22-9-8-16-15(21)18-12(2)14-19-17-10-20(14)3/h10-13H,4-9H2,1-3H3,(H2,16,18,21)/t11-,12-,13-/m0/s1. The van der Waals surface area contributed by atoms with Gasteiger partial charge in [-0.2, -0.15) is 0 Å². The average molecular weight is 309 g/mol. The second-order valence-electron chi connectivity index (χ2n) is 6.09. The molecular formula is C15H27N5O2. The summed E-state index contributed by atoms with van der Waals surface area (Å²) in [6.45, 7) is 5.19. The van der Waals surface area contributed by atoms with Gasteiger partial charge in [0.2, 0.25) is 0 Å². The molecule has 7 nitrogen and oxygen atoms in total. The third-order valence-electron chi connectivity index (χ3n) is 4.23. The molecule has 0 spiro atoms. The summed E-state index contributed by atoms with van der Waals surface area (Å²) in [5.41, 5.74) is 0. The van der Waals surface area contributed by atoms with E-state index >= 15 is 0 Å². The number of aryl methyl sites for hydroxylation is 1. The predicted molar refractivity (Wildman–Crippen MR) is 83.3 cm³/mol. The summed E-state index contributed by atoms with van der Waals surface area (Å²) >= 11 is 0. The number of aromatic nitrogens is 3. The van der Waals surface area contributed by atoms with Crippen molar-refractivity contribution < 1.29 is 9.53 Å². The van der Waals surface area contributed by atoms with E-state index in [0.717, 1.165) is 12.2 Å². The van der Waals surface area contributed by atoms with Crippen LogP contribution in [0.1, 0.15) is 51.4 Å². The summed E-state index contributed by atoms with van der Waals surface area (Å²) in [6, 6.07) is -0.400. The predicted octanol–water partition coefficient (Wildman–Crippen LogP) is 1.77. The molecule has 1 aliphatic carbocycles. The van der Waals surface area contributed by atoms with Gasteiger partial charge in [0.05, 0.1) is 18.8 Å². The van der Waals surface area contributed by atoms with Gasteiger partial charge in [0.25, 0.3) is 0 Å². The fourth-order valence-corrected chi connectivity index (χ4v) is 2.90. The number of hydrogen-bond acceptors (Lipinski definition) is 4. The molecule has 1 saturated carbocycles. The lowest BCUT2D eigenvalue weighted by atomic mass is 9.88. The van der Waals surface area contributed by atoms with Gasteiger partial charge in [-0.25, -0.2) is 4.79 Å². The lowest BCUT2D eigenvalue weighted by Crippen LogP contribution is -2.40. The van der Waals surface area contributed by atoms with Crippen LogP contribution in [-0.2, 0) is 11.8 Å². The van der Waals surface area contributed by atoms with Crippen molar-refractivity contribution >= 4 is 6.03 Å². The van der Waals surface area contributed by atoms with E-state index in [2.05, 4.69) is 27.8 Å². The molecule has 22 heavy (non-hydrogen) atoms. The Balaban J connectivity index is 1.62. The number of carbonyl (C=O) groups is 1. The Labute approximate surface area is 131 Å². The Morgan fingerprint density at radius 3 is 2.95 bits per heavy atom. The molecule has 0 unspecified atom stereocenters. The molecule has 1 aliphatic rings. The third-order valence-corrected chi connectivity index (χ3v) is 4.23. The lowest BCUT2D eigenvalue weighted by molar-refractivity contribution is -0.00244. The highest BCUT2D eigenvalue weighted by molar-refractivity contribution is 5.74. The first-order valence-corrected chi connectivity index (χ1v) is 8.07. The lowest BCUT2D eigenvalue weighted by Gasteiger charge is -2.28. The summed E-state index contributed by atoms with van der Waals surface area (Å²) in [6.07, 6.45) is 6.89. The van der Waals surface area contributed by atoms with Crippen molar-refractivity contribution in [2.24, 2.45) is 13.0 Å². The number of amides is 2. The van der Waals surface area contributed by atoms with E-state index in [4.69, 9.17) is 4.74 Å². The highest BCUT2D eigenvalue weighted by Gasteiger charge is 2.21. The Morgan fingerprint density at radius 2 is 2.27 bits per heavy atom. The van der Waals surface area contributed by atoms with E-state index in [1.807, 2.05) is 14.0 Å². The van der Waals surface area contributed by atoms with E-state index in [1.54, 1.807) is 10.9 Å². The van der Waals surface area contributed by atoms with Gasteiger partial charge in [-0.1, -0.05) is 19.8 Å². The zero-order valence-electron chi connectivity index (χ0n) is 13.7. The fraction of sp³-hybridized carbons (Fsp3) is 0.800. The Hall–Kier alpha value is -1.63. The minimum atomic E-state index is -0.212. The van der Waals surface area contributed by atoms with Gasteiger partial charge in [-0.15, -0.1) is 10.2 Å². The molecule has 1 aromatic heterocycles. The number of ether oxygens (including phenoxy) is 1. The van der Waals surface area contributed by atoms with E-state index in [9.17, 15) is 4.79 Å². The van der Waals surface area contributed by atoms with Crippen LogP contribution in [0.4, 0.5) is 4.79 Å². The molecule has 0 saturated heterocycles. The molecule has 2 N–H and O–H groups in total. The molecule has 0 aliphatic heterocycles. The van der Waals surface area contributed by atoms with Gasteiger partial charge in [0.15, 0.2) is 5.82 Å². The van der Waals surface area contributed by atoms with E-state index in [-0.39, 0.29) is 12.1 Å². The molecule has 2 rings (SSSR count). The van der Waals surface area contributed by atoms with Crippen molar-refractivity contribution in [2.75, 3.05) is 13.2 Å². The zero-order valence-corrected chi connectivity index (χ0v) is 13.7. The van der Waals surface area contributed by atoms with Crippen LogP contribution in [-0.4, -0.2) is 40.1 Å². The van der Waals surface area contributed by atoms with Crippen LogP contribution in [0, 0.1) is 5.92 Å². The quantitative estimate of drug-likeness (QED) is 0.785. The van der Waals surface area contributed by atoms with Gasteiger partial charge in [-0.05, 0) is 25.7 Å². The maximum Gasteiger partial charge on any atom is 0.315 e. The Bertz CT molecular complexity index is 476. The van der Waals surface area contributed by atoms with E-state index in [0.29, 0.717) is 25.2 Å². The topological polar surface area (TPSA) is 81.1 Å². The van der Waals surface area contributed by atoms with Gasteiger partial charge in [0.1, 0.15) is 6.33 Å². The molecule has 0 bridgehead atoms. The monoisotopic (exact) mass is 309 g/mol. The largest absolute Gasteiger partial charge is 0.376 e. The molecular weight excluding hydrogens is 282 g/mol. The van der Waals surface area contributed by atoms with Crippen molar-refractivity contribution in [1.82, 2.24) is 25.4 Å². The van der Waals surface area contributed by atoms with Crippen molar-refractivity contribution in [1.29, 1.82) is 0 Å². The van der Waals surface area contributed by atoms with Crippen molar-refractivity contribution in [3.05, 3.63) is 12.2 Å². The Kier molecular flexibility index (Phi) is 6.18. The van der Waals surface area contributed by atoms with Crippen molar-refractivity contribution in [3.63, 3.8) is 0 Å². The highest BCUT2D eigenvalue weighted by atomic mass is 16.5. The first-order chi connectivity index (χ1) is 10.6. The SMILES string of the molecule is C[C@H](NC(=O)NCCO[C@H]1CCCC[C@@H]1C)c1nncn1C. The van der Waals surface area contributed by atoms with E-state index < -0.39 is 0 Å². The molecule has 7 heteroatoms. The highest BCUT2D eigenvalue weighted by Crippen LogP contribution is 2.25. The number of nitrogens with zero attached hydrogens (tertiary/aromatic N) is 3. The van der Waals surface area contributed by atoms with Gasteiger partial charge in [-0.3, -0.25) is 0 Å². The maximum absolute atomic E-state index is 11.8. The first-order valence-electron chi connectivity index (χ1n) is 8.07. The van der Waals surface area contributed by atoms with Crippen LogP contribution in [0.15, 0.2) is 6.33 Å². The maximum atomic E-state index is 11.8. The molecule has 1 fully saturated rings. The summed E-state index contributed by atoms with van der Waals surface area (Å²) in [4.78, 5) is 11.8. The molecule has 0 radical (unpaired) electrons. The van der Waals surface area contributed by atoms with Crippen LogP contribution in [0.3, 0.4) is 0 Å². The smallest absolute Gasteiger partial charge is 0.315 e. The number of carbonyl (C=O) groups excluding carboxylic acids is 1. The summed E-state index contributed by atoms with van der Waals surface area (Å²) in [5, 5.41) is 13.4. The summed E-state index contributed by atoms with van der Waals surface area (Å²) in [7, 11) is 1.85. The number of nitrogens with one attached hydrogen (secondary N) is 2. The van der Waals surface area contributed by atoms with Crippen molar-refractivity contribution in [2.45, 2.75) is 51.7 Å². The van der Waals surface area contributed by atoms with E-state index in [1.165, 1.54) is 19.3 Å². The van der Waals surface area contributed by atoms with Gasteiger partial charge < -0.3 is 19.9 Å². The molecule has 124 valence electrons. The normalized spacial score (nSPS) is 23.0. The zero-order chi connectivity index (χ0) is 15.9. The van der Waals surface area contributed by atoms with Crippen LogP contribution >= 0.6 is 0 Å². The average Bonchev–Trinajstić information content (AvgIpc) is 2.91. The first kappa shape index (κ1) is 16.7. The molecule has 2 amide bonds.